The van der Waals surface area contributed by atoms with Crippen LogP contribution in [-0.2, 0) is 20.9 Å². The molecule has 7 nitrogen and oxygen atoms in total. The van der Waals surface area contributed by atoms with Gasteiger partial charge < -0.3 is 20.1 Å². The van der Waals surface area contributed by atoms with E-state index < -0.39 is 5.60 Å². The van der Waals surface area contributed by atoms with Gasteiger partial charge in [-0.05, 0) is 19.1 Å². The van der Waals surface area contributed by atoms with E-state index in [9.17, 15) is 14.7 Å². The summed E-state index contributed by atoms with van der Waals surface area (Å²) in [6.07, 6.45) is 3.05. The number of amides is 2. The van der Waals surface area contributed by atoms with Crippen LogP contribution in [0, 0.1) is 5.92 Å². The van der Waals surface area contributed by atoms with Crippen LogP contribution in [-0.4, -0.2) is 58.2 Å². The van der Waals surface area contributed by atoms with E-state index in [-0.39, 0.29) is 36.8 Å². The number of nitrogens with one attached hydrogen (secondary N) is 1. The Labute approximate surface area is 147 Å². The van der Waals surface area contributed by atoms with Crippen LogP contribution in [0.25, 0.3) is 0 Å². The maximum absolute atomic E-state index is 12.3. The molecule has 7 heteroatoms. The Kier molecular flexibility index (Phi) is 5.34. The van der Waals surface area contributed by atoms with Gasteiger partial charge in [0.25, 0.3) is 0 Å². The summed E-state index contributed by atoms with van der Waals surface area (Å²) in [7, 11) is 0. The van der Waals surface area contributed by atoms with Gasteiger partial charge in [0, 0.05) is 45.2 Å². The van der Waals surface area contributed by atoms with E-state index in [0.29, 0.717) is 32.5 Å². The summed E-state index contributed by atoms with van der Waals surface area (Å²) >= 11 is 0. The number of nitrogens with zero attached hydrogens (tertiary/aromatic N) is 2. The highest BCUT2D eigenvalue weighted by atomic mass is 16.5. The lowest BCUT2D eigenvalue weighted by atomic mass is 9.77. The third-order valence-corrected chi connectivity index (χ3v) is 4.87. The summed E-state index contributed by atoms with van der Waals surface area (Å²) in [6, 6.07) is 5.57. The Balaban J connectivity index is 1.45. The second-order valence-electron chi connectivity index (χ2n) is 6.92. The summed E-state index contributed by atoms with van der Waals surface area (Å²) in [5, 5.41) is 13.1. The molecule has 2 fully saturated rings. The van der Waals surface area contributed by atoms with Gasteiger partial charge in [-0.15, -0.1) is 0 Å². The molecular formula is C18H25N3O4. The van der Waals surface area contributed by atoms with Crippen LogP contribution in [0.5, 0.6) is 0 Å². The maximum Gasteiger partial charge on any atom is 0.225 e. The lowest BCUT2D eigenvalue weighted by molar-refractivity contribution is -0.142. The molecule has 2 heterocycles. The zero-order chi connectivity index (χ0) is 17.9. The molecule has 0 aromatic carbocycles. The minimum atomic E-state index is -0.883. The number of carbonyl (C=O) groups is 2. The molecule has 1 unspecified atom stereocenters. The van der Waals surface area contributed by atoms with E-state index in [1.807, 2.05) is 25.1 Å². The first-order chi connectivity index (χ1) is 12.0. The highest BCUT2D eigenvalue weighted by Crippen LogP contribution is 2.34. The van der Waals surface area contributed by atoms with Crippen LogP contribution in [0.2, 0.25) is 0 Å². The lowest BCUT2D eigenvalue weighted by Crippen LogP contribution is -2.55. The van der Waals surface area contributed by atoms with Crippen LogP contribution in [0.4, 0.5) is 0 Å². The predicted octanol–water partition coefficient (Wildman–Crippen LogP) is 0.476. The minimum Gasteiger partial charge on any atom is -0.388 e. The van der Waals surface area contributed by atoms with Crippen molar-refractivity contribution in [1.29, 1.82) is 0 Å². The average Bonchev–Trinajstić information content (AvgIpc) is 2.93. The van der Waals surface area contributed by atoms with Crippen LogP contribution in [0.15, 0.2) is 24.4 Å². The second-order valence-corrected chi connectivity index (χ2v) is 6.92. The Hall–Kier alpha value is -1.99. The van der Waals surface area contributed by atoms with E-state index in [2.05, 4.69) is 10.3 Å². The van der Waals surface area contributed by atoms with Crippen molar-refractivity contribution < 1.29 is 19.4 Å². The zero-order valence-electron chi connectivity index (χ0n) is 14.5. The molecule has 0 radical (unpaired) electrons. The van der Waals surface area contributed by atoms with E-state index in [1.54, 1.807) is 11.1 Å². The summed E-state index contributed by atoms with van der Waals surface area (Å²) in [5.41, 5.74) is -0.0752. The van der Waals surface area contributed by atoms with Crippen molar-refractivity contribution in [3.63, 3.8) is 0 Å². The van der Waals surface area contributed by atoms with Crippen LogP contribution < -0.4 is 5.32 Å². The molecule has 1 aliphatic carbocycles. The van der Waals surface area contributed by atoms with Gasteiger partial charge >= 0.3 is 0 Å². The number of pyridine rings is 1. The second kappa shape index (κ2) is 7.49. The molecular weight excluding hydrogens is 322 g/mol. The molecule has 0 bridgehead atoms. The monoisotopic (exact) mass is 347 g/mol. The highest BCUT2D eigenvalue weighted by molar-refractivity contribution is 5.89. The molecule has 0 spiro atoms. The number of aliphatic hydroxyl groups is 1. The molecule has 1 aliphatic heterocycles. The SMILES string of the molecule is CCOC1CC(O)(CNC(=O)C2CC(=O)N(Cc3ccccn3)C2)C1. The van der Waals surface area contributed by atoms with E-state index in [4.69, 9.17) is 4.74 Å². The molecule has 25 heavy (non-hydrogen) atoms. The number of aromatic nitrogens is 1. The molecule has 2 amide bonds. The molecule has 2 aliphatic rings. The number of carbonyl (C=O) groups excluding carboxylic acids is 2. The van der Waals surface area contributed by atoms with Crippen molar-refractivity contribution in [1.82, 2.24) is 15.2 Å². The number of hydrogen-bond donors (Lipinski definition) is 2. The van der Waals surface area contributed by atoms with Crippen molar-refractivity contribution >= 4 is 11.8 Å². The number of ether oxygens (including phenoxy) is 1. The van der Waals surface area contributed by atoms with E-state index >= 15 is 0 Å². The largest absolute Gasteiger partial charge is 0.388 e. The predicted molar refractivity (Wildman–Crippen MR) is 90.4 cm³/mol. The molecule has 1 aromatic rings. The molecule has 3 rings (SSSR count). The fourth-order valence-corrected chi connectivity index (χ4v) is 3.47. The van der Waals surface area contributed by atoms with Gasteiger partial charge in [-0.2, -0.15) is 0 Å². The summed E-state index contributed by atoms with van der Waals surface area (Å²) in [4.78, 5) is 30.3. The smallest absolute Gasteiger partial charge is 0.225 e. The van der Waals surface area contributed by atoms with Gasteiger partial charge in [0.15, 0.2) is 0 Å². The van der Waals surface area contributed by atoms with Crippen LogP contribution >= 0.6 is 0 Å². The van der Waals surface area contributed by atoms with Crippen molar-refractivity contribution in [2.24, 2.45) is 5.92 Å². The van der Waals surface area contributed by atoms with Gasteiger partial charge in [-0.25, -0.2) is 0 Å². The lowest BCUT2D eigenvalue weighted by Gasteiger charge is -2.43. The summed E-state index contributed by atoms with van der Waals surface area (Å²) in [5.74, 6) is -0.586. The van der Waals surface area contributed by atoms with Gasteiger partial charge in [-0.1, -0.05) is 6.07 Å². The topological polar surface area (TPSA) is 91.8 Å². The molecule has 136 valence electrons. The molecule has 1 saturated carbocycles. The van der Waals surface area contributed by atoms with Gasteiger partial charge in [0.2, 0.25) is 11.8 Å². The first kappa shape index (κ1) is 17.8. The summed E-state index contributed by atoms with van der Waals surface area (Å²) in [6.45, 7) is 3.57. The zero-order valence-corrected chi connectivity index (χ0v) is 14.5. The van der Waals surface area contributed by atoms with Gasteiger partial charge in [0.05, 0.1) is 29.9 Å². The molecule has 1 saturated heterocycles. The number of rotatable bonds is 7. The van der Waals surface area contributed by atoms with Crippen molar-refractivity contribution in [3.05, 3.63) is 30.1 Å². The molecule has 2 N–H and O–H groups in total. The van der Waals surface area contributed by atoms with Crippen LogP contribution in [0.1, 0.15) is 31.9 Å². The van der Waals surface area contributed by atoms with Gasteiger partial charge in [0.1, 0.15) is 0 Å². The molecule has 1 atom stereocenters. The van der Waals surface area contributed by atoms with Crippen molar-refractivity contribution in [2.45, 2.75) is 44.4 Å². The first-order valence-corrected chi connectivity index (χ1v) is 8.78. The Morgan fingerprint density at radius 2 is 2.28 bits per heavy atom. The summed E-state index contributed by atoms with van der Waals surface area (Å²) < 4.78 is 5.43. The van der Waals surface area contributed by atoms with Crippen molar-refractivity contribution in [3.8, 4) is 0 Å². The van der Waals surface area contributed by atoms with E-state index in [1.165, 1.54) is 0 Å². The van der Waals surface area contributed by atoms with E-state index in [0.717, 1.165) is 5.69 Å². The number of likely N-dealkylation sites (tertiary alicyclic amines) is 1. The Bertz CT molecular complexity index is 616. The minimum absolute atomic E-state index is 0.0374. The Morgan fingerprint density at radius 3 is 2.96 bits per heavy atom. The first-order valence-electron chi connectivity index (χ1n) is 8.78. The third-order valence-electron chi connectivity index (χ3n) is 4.87. The third kappa shape index (κ3) is 4.35. The quantitative estimate of drug-likeness (QED) is 0.748. The average molecular weight is 347 g/mol. The normalized spacial score (nSPS) is 28.7. The standard InChI is InChI=1S/C18H25N3O4/c1-2-25-15-8-18(24,9-15)12-20-17(23)13-7-16(22)21(10-13)11-14-5-3-4-6-19-14/h3-6,13,15,24H,2,7-12H2,1H3,(H,20,23). The van der Waals surface area contributed by atoms with Gasteiger partial charge in [-0.3, -0.25) is 14.6 Å². The molecule has 1 aromatic heterocycles. The fraction of sp³-hybridized carbons (Fsp3) is 0.611. The fourth-order valence-electron chi connectivity index (χ4n) is 3.47. The maximum atomic E-state index is 12.3. The Morgan fingerprint density at radius 1 is 1.48 bits per heavy atom. The van der Waals surface area contributed by atoms with Crippen molar-refractivity contribution in [2.75, 3.05) is 19.7 Å². The van der Waals surface area contributed by atoms with Crippen LogP contribution in [0.3, 0.4) is 0 Å². The number of hydrogen-bond acceptors (Lipinski definition) is 5. The highest BCUT2D eigenvalue weighted by Gasteiger charge is 2.44.